The van der Waals surface area contributed by atoms with Crippen molar-refractivity contribution in [3.8, 4) is 17.2 Å². The summed E-state index contributed by atoms with van der Waals surface area (Å²) in [6.07, 6.45) is 1.25. The third-order valence-electron chi connectivity index (χ3n) is 5.44. The van der Waals surface area contributed by atoms with Crippen LogP contribution in [0.5, 0.6) is 17.2 Å². The molecule has 4 aromatic rings. The molecule has 0 radical (unpaired) electrons. The maximum Gasteiger partial charge on any atom is 0.344 e. The molecule has 0 saturated carbocycles. The molecule has 1 aromatic heterocycles. The molecule has 0 fully saturated rings. The first-order valence-corrected chi connectivity index (χ1v) is 10.8. The summed E-state index contributed by atoms with van der Waals surface area (Å²) < 4.78 is 17.0. The Labute approximate surface area is 196 Å². The number of carbonyl (C=O) groups excluding carboxylic acids is 1. The second kappa shape index (κ2) is 8.75. The van der Waals surface area contributed by atoms with Gasteiger partial charge in [-0.25, -0.2) is 4.79 Å². The van der Waals surface area contributed by atoms with Gasteiger partial charge in [0, 0.05) is 11.1 Å². The minimum Gasteiger partial charge on any atom is -0.460 e. The van der Waals surface area contributed by atoms with Crippen LogP contribution < -0.4 is 14.9 Å². The van der Waals surface area contributed by atoms with Crippen molar-refractivity contribution >= 4 is 28.5 Å². The van der Waals surface area contributed by atoms with Gasteiger partial charge in [-0.3, -0.25) is 4.79 Å². The third kappa shape index (κ3) is 4.50. The summed E-state index contributed by atoms with van der Waals surface area (Å²) in [5.41, 5.74) is 4.96. The van der Waals surface area contributed by atoms with E-state index in [1.54, 1.807) is 24.3 Å². The van der Waals surface area contributed by atoms with Crippen LogP contribution in [0.15, 0.2) is 57.9 Å². The van der Waals surface area contributed by atoms with Gasteiger partial charge < -0.3 is 13.9 Å². The van der Waals surface area contributed by atoms with Crippen LogP contribution in [-0.4, -0.2) is 5.97 Å². The number of rotatable bonds is 4. The highest BCUT2D eigenvalue weighted by Crippen LogP contribution is 2.29. The highest BCUT2D eigenvalue weighted by molar-refractivity contribution is 6.32. The molecule has 0 amide bonds. The number of halogens is 1. The van der Waals surface area contributed by atoms with Gasteiger partial charge in [0.1, 0.15) is 23.3 Å². The molecule has 0 N–H and O–H groups in total. The molecule has 0 atom stereocenters. The van der Waals surface area contributed by atoms with Gasteiger partial charge in [-0.1, -0.05) is 29.3 Å². The topological polar surface area (TPSA) is 65.7 Å². The lowest BCUT2D eigenvalue weighted by atomic mass is 10.00. The fourth-order valence-corrected chi connectivity index (χ4v) is 4.09. The van der Waals surface area contributed by atoms with E-state index in [1.165, 1.54) is 12.3 Å². The van der Waals surface area contributed by atoms with E-state index in [9.17, 15) is 9.59 Å². The van der Waals surface area contributed by atoms with Crippen LogP contribution in [0.25, 0.3) is 11.0 Å². The van der Waals surface area contributed by atoms with Crippen molar-refractivity contribution < 1.29 is 18.7 Å². The summed E-state index contributed by atoms with van der Waals surface area (Å²) in [5, 5.41) is 0.975. The Morgan fingerprint density at radius 3 is 2.12 bits per heavy atom. The standard InChI is InChI=1S/C27H23ClO5/c1-14-8-15(2)24(16(3)9-14)27(30)33-19-6-7-21-22(12-19)31-13-23(26(21)29)32-20-10-17(4)25(28)18(5)11-20/h6-13H,1-5H3. The van der Waals surface area contributed by atoms with E-state index >= 15 is 0 Å². The summed E-state index contributed by atoms with van der Waals surface area (Å²) in [6, 6.07) is 12.0. The van der Waals surface area contributed by atoms with E-state index in [2.05, 4.69) is 0 Å². The molecule has 0 aliphatic heterocycles. The molecular formula is C27H23ClO5. The smallest absolute Gasteiger partial charge is 0.344 e. The van der Waals surface area contributed by atoms with Crippen molar-refractivity contribution in [2.75, 3.05) is 0 Å². The lowest BCUT2D eigenvalue weighted by Crippen LogP contribution is -2.12. The number of carbonyl (C=O) groups is 1. The Morgan fingerprint density at radius 2 is 1.48 bits per heavy atom. The van der Waals surface area contributed by atoms with Gasteiger partial charge in [0.25, 0.3) is 0 Å². The maximum absolute atomic E-state index is 12.9. The van der Waals surface area contributed by atoms with Crippen LogP contribution in [0, 0.1) is 34.6 Å². The fourth-order valence-electron chi connectivity index (χ4n) is 3.98. The van der Waals surface area contributed by atoms with Crippen LogP contribution in [-0.2, 0) is 0 Å². The highest BCUT2D eigenvalue weighted by Gasteiger charge is 2.17. The van der Waals surface area contributed by atoms with E-state index in [0.717, 1.165) is 27.8 Å². The van der Waals surface area contributed by atoms with Gasteiger partial charge in [0.2, 0.25) is 11.2 Å². The minimum absolute atomic E-state index is 0.0549. The van der Waals surface area contributed by atoms with Crippen molar-refractivity contribution in [1.29, 1.82) is 0 Å². The molecule has 0 aliphatic carbocycles. The molecular weight excluding hydrogens is 440 g/mol. The SMILES string of the molecule is Cc1cc(C)c(C(=O)Oc2ccc3c(=O)c(Oc4cc(C)c(Cl)c(C)c4)coc3c2)c(C)c1. The van der Waals surface area contributed by atoms with E-state index in [-0.39, 0.29) is 16.9 Å². The van der Waals surface area contributed by atoms with Gasteiger partial charge in [-0.15, -0.1) is 0 Å². The van der Waals surface area contributed by atoms with E-state index in [4.69, 9.17) is 25.5 Å². The number of esters is 1. The van der Waals surface area contributed by atoms with Crippen molar-refractivity contribution in [2.24, 2.45) is 0 Å². The Hall–Kier alpha value is -3.57. The van der Waals surface area contributed by atoms with Crippen LogP contribution >= 0.6 is 11.6 Å². The summed E-state index contributed by atoms with van der Waals surface area (Å²) in [7, 11) is 0. The monoisotopic (exact) mass is 462 g/mol. The molecule has 3 aromatic carbocycles. The minimum atomic E-state index is -0.458. The summed E-state index contributed by atoms with van der Waals surface area (Å²) in [4.78, 5) is 25.7. The van der Waals surface area contributed by atoms with Crippen molar-refractivity contribution in [2.45, 2.75) is 34.6 Å². The predicted molar refractivity (Wildman–Crippen MR) is 129 cm³/mol. The largest absolute Gasteiger partial charge is 0.460 e. The molecule has 6 heteroatoms. The lowest BCUT2D eigenvalue weighted by molar-refractivity contribution is 0.0733. The zero-order chi connectivity index (χ0) is 23.9. The number of aryl methyl sites for hydroxylation is 5. The number of benzene rings is 3. The summed E-state index contributed by atoms with van der Waals surface area (Å²) in [6.45, 7) is 9.47. The predicted octanol–water partition coefficient (Wildman–Crippen LogP) is 7.00. The molecule has 0 bridgehead atoms. The Morgan fingerprint density at radius 1 is 0.848 bits per heavy atom. The van der Waals surface area contributed by atoms with Crippen LogP contribution in [0.4, 0.5) is 0 Å². The Bertz CT molecular complexity index is 1420. The lowest BCUT2D eigenvalue weighted by Gasteiger charge is -2.11. The van der Waals surface area contributed by atoms with Gasteiger partial charge in [-0.05, 0) is 81.1 Å². The number of ether oxygens (including phenoxy) is 2. The number of fused-ring (bicyclic) bond motifs is 1. The van der Waals surface area contributed by atoms with Gasteiger partial charge in [0.15, 0.2) is 0 Å². The Kier molecular flexibility index (Phi) is 6.00. The van der Waals surface area contributed by atoms with Crippen LogP contribution in [0.1, 0.15) is 38.2 Å². The average Bonchev–Trinajstić information content (AvgIpc) is 2.73. The summed E-state index contributed by atoms with van der Waals surface area (Å²) >= 11 is 6.20. The van der Waals surface area contributed by atoms with Crippen molar-refractivity contribution in [1.82, 2.24) is 0 Å². The second-order valence-electron chi connectivity index (χ2n) is 8.22. The third-order valence-corrected chi connectivity index (χ3v) is 6.04. The Balaban J connectivity index is 1.62. The van der Waals surface area contributed by atoms with Gasteiger partial charge >= 0.3 is 5.97 Å². The zero-order valence-corrected chi connectivity index (χ0v) is 19.8. The zero-order valence-electron chi connectivity index (χ0n) is 19.0. The summed E-state index contributed by atoms with van der Waals surface area (Å²) in [5.74, 6) is 0.377. The van der Waals surface area contributed by atoms with Gasteiger partial charge in [-0.2, -0.15) is 0 Å². The van der Waals surface area contributed by atoms with Crippen LogP contribution in [0.3, 0.4) is 0 Å². The maximum atomic E-state index is 12.9. The van der Waals surface area contributed by atoms with Crippen molar-refractivity contribution in [3.63, 3.8) is 0 Å². The molecule has 33 heavy (non-hydrogen) atoms. The van der Waals surface area contributed by atoms with E-state index in [0.29, 0.717) is 27.3 Å². The molecule has 1 heterocycles. The van der Waals surface area contributed by atoms with Crippen LogP contribution in [0.2, 0.25) is 5.02 Å². The molecule has 0 saturated heterocycles. The van der Waals surface area contributed by atoms with Gasteiger partial charge in [0.05, 0.1) is 10.9 Å². The van der Waals surface area contributed by atoms with Crippen molar-refractivity contribution in [3.05, 3.63) is 97.4 Å². The molecule has 4 rings (SSSR count). The molecule has 0 spiro atoms. The highest BCUT2D eigenvalue weighted by atomic mass is 35.5. The normalized spacial score (nSPS) is 11.0. The first kappa shape index (κ1) is 22.6. The first-order valence-electron chi connectivity index (χ1n) is 10.4. The molecule has 5 nitrogen and oxygen atoms in total. The number of hydrogen-bond acceptors (Lipinski definition) is 5. The molecule has 0 aliphatic rings. The molecule has 168 valence electrons. The van der Waals surface area contributed by atoms with E-state index < -0.39 is 5.97 Å². The average molecular weight is 463 g/mol. The fraction of sp³-hybridized carbons (Fsp3) is 0.185. The van der Waals surface area contributed by atoms with E-state index in [1.807, 2.05) is 46.8 Å². The quantitative estimate of drug-likeness (QED) is 0.241. The molecule has 0 unspecified atom stereocenters. The second-order valence-corrected chi connectivity index (χ2v) is 8.60. The number of hydrogen-bond donors (Lipinski definition) is 0. The first-order chi connectivity index (χ1) is 15.6.